The van der Waals surface area contributed by atoms with Gasteiger partial charge >= 0.3 is 0 Å². The van der Waals surface area contributed by atoms with Gasteiger partial charge in [0.1, 0.15) is 0 Å². The smallest absolute Gasteiger partial charge is 0.0715 e. The second kappa shape index (κ2) is 3.82. The summed E-state index contributed by atoms with van der Waals surface area (Å²) in [6.07, 6.45) is 6.71. The van der Waals surface area contributed by atoms with Crippen molar-refractivity contribution in [3.8, 4) is 0 Å². The number of rotatable bonds is 1. The summed E-state index contributed by atoms with van der Waals surface area (Å²) < 4.78 is 6.20. The third-order valence-electron chi connectivity index (χ3n) is 4.24. The van der Waals surface area contributed by atoms with Crippen molar-refractivity contribution < 1.29 is 4.74 Å². The van der Waals surface area contributed by atoms with Crippen LogP contribution in [0.1, 0.15) is 46.0 Å². The fourth-order valence-electron chi connectivity index (χ4n) is 3.22. The molecule has 1 aliphatic heterocycles. The van der Waals surface area contributed by atoms with E-state index in [-0.39, 0.29) is 5.60 Å². The molecule has 0 amide bonds. The molecule has 0 aromatic carbocycles. The van der Waals surface area contributed by atoms with Crippen LogP contribution in [0.5, 0.6) is 0 Å². The summed E-state index contributed by atoms with van der Waals surface area (Å²) in [5, 5.41) is 0. The molecule has 2 nitrogen and oxygen atoms in total. The fourth-order valence-corrected chi connectivity index (χ4v) is 3.22. The van der Waals surface area contributed by atoms with Crippen molar-refractivity contribution in [2.75, 3.05) is 6.54 Å². The van der Waals surface area contributed by atoms with E-state index in [0.717, 1.165) is 11.8 Å². The van der Waals surface area contributed by atoms with Gasteiger partial charge in [0, 0.05) is 6.54 Å². The second-order valence-corrected chi connectivity index (χ2v) is 5.37. The highest BCUT2D eigenvalue weighted by molar-refractivity contribution is 4.97. The van der Waals surface area contributed by atoms with Gasteiger partial charge in [-0.1, -0.05) is 20.3 Å². The maximum atomic E-state index is 6.20. The summed E-state index contributed by atoms with van der Waals surface area (Å²) in [7, 11) is 0. The Morgan fingerprint density at radius 3 is 2.71 bits per heavy atom. The first-order valence-electron chi connectivity index (χ1n) is 6.04. The van der Waals surface area contributed by atoms with Gasteiger partial charge < -0.3 is 10.5 Å². The average Bonchev–Trinajstić information content (AvgIpc) is 2.57. The molecular weight excluding hydrogens is 174 g/mol. The number of nitrogens with two attached hydrogens (primary N) is 1. The zero-order valence-electron chi connectivity index (χ0n) is 9.46. The molecule has 4 atom stereocenters. The monoisotopic (exact) mass is 197 g/mol. The van der Waals surface area contributed by atoms with Gasteiger partial charge in [-0.3, -0.25) is 0 Å². The minimum absolute atomic E-state index is 0.196. The Labute approximate surface area is 87.2 Å². The zero-order chi connectivity index (χ0) is 10.2. The Hall–Kier alpha value is -0.0800. The lowest BCUT2D eigenvalue weighted by Gasteiger charge is -2.42. The predicted octanol–water partition coefficient (Wildman–Crippen LogP) is 2.32. The molecule has 2 N–H and O–H groups in total. The molecule has 0 aromatic rings. The highest BCUT2D eigenvalue weighted by Gasteiger charge is 2.46. The van der Waals surface area contributed by atoms with Gasteiger partial charge in [-0.25, -0.2) is 0 Å². The first kappa shape index (κ1) is 10.4. The topological polar surface area (TPSA) is 35.2 Å². The molecule has 82 valence electrons. The van der Waals surface area contributed by atoms with Gasteiger partial charge in [0.15, 0.2) is 0 Å². The first-order valence-corrected chi connectivity index (χ1v) is 6.04. The molecule has 2 aliphatic rings. The lowest BCUT2D eigenvalue weighted by molar-refractivity contribution is -0.103. The van der Waals surface area contributed by atoms with Gasteiger partial charge in [-0.15, -0.1) is 0 Å². The largest absolute Gasteiger partial charge is 0.370 e. The molecule has 2 rings (SSSR count). The summed E-state index contributed by atoms with van der Waals surface area (Å²) in [6, 6.07) is 0. The normalized spacial score (nSPS) is 48.6. The van der Waals surface area contributed by atoms with Crippen LogP contribution in [-0.4, -0.2) is 18.2 Å². The lowest BCUT2D eigenvalue weighted by Crippen LogP contribution is -2.42. The van der Waals surface area contributed by atoms with Crippen LogP contribution in [0, 0.1) is 11.8 Å². The predicted molar refractivity (Wildman–Crippen MR) is 58.1 cm³/mol. The van der Waals surface area contributed by atoms with Crippen molar-refractivity contribution >= 4 is 0 Å². The first-order chi connectivity index (χ1) is 6.66. The van der Waals surface area contributed by atoms with E-state index < -0.39 is 0 Å². The summed E-state index contributed by atoms with van der Waals surface area (Å²) in [5.74, 6) is 1.57. The Morgan fingerprint density at radius 1 is 1.29 bits per heavy atom. The van der Waals surface area contributed by atoms with E-state index in [2.05, 4.69) is 13.8 Å². The van der Waals surface area contributed by atoms with E-state index in [9.17, 15) is 0 Å². The summed E-state index contributed by atoms with van der Waals surface area (Å²) in [6.45, 7) is 5.40. The Kier molecular flexibility index (Phi) is 2.85. The van der Waals surface area contributed by atoms with E-state index in [4.69, 9.17) is 10.5 Å². The molecule has 1 saturated carbocycles. The zero-order valence-corrected chi connectivity index (χ0v) is 9.46. The van der Waals surface area contributed by atoms with E-state index in [1.807, 2.05) is 0 Å². The molecule has 0 bridgehead atoms. The molecule has 1 aliphatic carbocycles. The molecule has 1 spiro atoms. The molecule has 1 saturated heterocycles. The highest BCUT2D eigenvalue weighted by atomic mass is 16.5. The maximum Gasteiger partial charge on any atom is 0.0715 e. The van der Waals surface area contributed by atoms with E-state index in [1.165, 1.54) is 32.1 Å². The van der Waals surface area contributed by atoms with Crippen molar-refractivity contribution in [1.82, 2.24) is 0 Å². The minimum atomic E-state index is 0.196. The Bertz CT molecular complexity index is 206. The van der Waals surface area contributed by atoms with Crippen LogP contribution in [0.2, 0.25) is 0 Å². The molecule has 1 heterocycles. The van der Waals surface area contributed by atoms with E-state index in [0.29, 0.717) is 12.6 Å². The molecule has 14 heavy (non-hydrogen) atoms. The van der Waals surface area contributed by atoms with Crippen LogP contribution in [0.25, 0.3) is 0 Å². The van der Waals surface area contributed by atoms with Crippen LogP contribution in [0.4, 0.5) is 0 Å². The molecule has 0 radical (unpaired) electrons. The maximum absolute atomic E-state index is 6.20. The minimum Gasteiger partial charge on any atom is -0.370 e. The fraction of sp³-hybridized carbons (Fsp3) is 1.00. The van der Waals surface area contributed by atoms with Crippen molar-refractivity contribution in [2.24, 2.45) is 17.6 Å². The Balaban J connectivity index is 2.06. The summed E-state index contributed by atoms with van der Waals surface area (Å²) in [4.78, 5) is 0. The molecule has 2 fully saturated rings. The number of ether oxygens (including phenoxy) is 1. The molecule has 4 unspecified atom stereocenters. The van der Waals surface area contributed by atoms with E-state index >= 15 is 0 Å². The van der Waals surface area contributed by atoms with Crippen molar-refractivity contribution in [2.45, 2.75) is 57.7 Å². The third kappa shape index (κ3) is 1.70. The van der Waals surface area contributed by atoms with Gasteiger partial charge in [0.05, 0.1) is 11.7 Å². The third-order valence-corrected chi connectivity index (χ3v) is 4.24. The molecule has 2 heteroatoms. The Morgan fingerprint density at radius 2 is 2.07 bits per heavy atom. The van der Waals surface area contributed by atoms with E-state index in [1.54, 1.807) is 0 Å². The average molecular weight is 197 g/mol. The van der Waals surface area contributed by atoms with Gasteiger partial charge in [0.25, 0.3) is 0 Å². The van der Waals surface area contributed by atoms with Crippen LogP contribution in [0.15, 0.2) is 0 Å². The molecular formula is C12H23NO. The van der Waals surface area contributed by atoms with Gasteiger partial charge in [-0.05, 0) is 37.5 Å². The SMILES string of the molecule is CC1CCC(C)C2(CCC(CN)O2)C1. The second-order valence-electron chi connectivity index (χ2n) is 5.37. The summed E-state index contributed by atoms with van der Waals surface area (Å²) >= 11 is 0. The number of hydrogen-bond acceptors (Lipinski definition) is 2. The van der Waals surface area contributed by atoms with Crippen LogP contribution in [0.3, 0.4) is 0 Å². The van der Waals surface area contributed by atoms with Gasteiger partial charge in [-0.2, -0.15) is 0 Å². The molecule has 0 aromatic heterocycles. The van der Waals surface area contributed by atoms with Gasteiger partial charge in [0.2, 0.25) is 0 Å². The number of hydrogen-bond donors (Lipinski definition) is 1. The van der Waals surface area contributed by atoms with Crippen LogP contribution < -0.4 is 5.73 Å². The van der Waals surface area contributed by atoms with Crippen molar-refractivity contribution in [1.29, 1.82) is 0 Å². The quantitative estimate of drug-likeness (QED) is 0.700. The van der Waals surface area contributed by atoms with Crippen LogP contribution in [-0.2, 0) is 4.74 Å². The summed E-state index contributed by atoms with van der Waals surface area (Å²) in [5.41, 5.74) is 5.88. The van der Waals surface area contributed by atoms with Crippen LogP contribution >= 0.6 is 0 Å². The lowest BCUT2D eigenvalue weighted by atomic mass is 9.71. The standard InChI is InChI=1S/C12H23NO/c1-9-3-4-10(2)12(7-9)6-5-11(8-13)14-12/h9-11H,3-8,13H2,1-2H3. The van der Waals surface area contributed by atoms with Crippen molar-refractivity contribution in [3.63, 3.8) is 0 Å². The van der Waals surface area contributed by atoms with Crippen molar-refractivity contribution in [3.05, 3.63) is 0 Å². The highest BCUT2D eigenvalue weighted by Crippen LogP contribution is 2.47.